The average molecular weight is 212 g/mol. The zero-order valence-electron chi connectivity index (χ0n) is 9.43. The molecule has 1 nitrogen and oxygen atoms in total. The molecule has 2 aromatic carbocycles. The number of phenolic OH excluding ortho intramolecular Hbond substituents is 1. The lowest BCUT2D eigenvalue weighted by molar-refractivity contribution is 0.475. The van der Waals surface area contributed by atoms with Gasteiger partial charge in [-0.15, -0.1) is 0 Å². The molecular formula is C15H16O. The van der Waals surface area contributed by atoms with Crippen molar-refractivity contribution < 1.29 is 5.11 Å². The van der Waals surface area contributed by atoms with Crippen LogP contribution < -0.4 is 0 Å². The Morgan fingerprint density at radius 2 is 1.56 bits per heavy atom. The van der Waals surface area contributed by atoms with Gasteiger partial charge in [0.05, 0.1) is 0 Å². The van der Waals surface area contributed by atoms with E-state index in [4.69, 9.17) is 0 Å². The number of hydrogen-bond donors (Lipinski definition) is 1. The number of benzene rings is 2. The third kappa shape index (κ3) is 2.63. The van der Waals surface area contributed by atoms with Crippen LogP contribution in [0.15, 0.2) is 54.6 Å². The fraction of sp³-hybridized carbons (Fsp3) is 0.200. The van der Waals surface area contributed by atoms with E-state index in [-0.39, 0.29) is 0 Å². The van der Waals surface area contributed by atoms with E-state index in [0.717, 1.165) is 6.42 Å². The van der Waals surface area contributed by atoms with Gasteiger partial charge in [0.15, 0.2) is 0 Å². The van der Waals surface area contributed by atoms with Gasteiger partial charge in [0, 0.05) is 0 Å². The maximum absolute atomic E-state index is 9.23. The highest BCUT2D eigenvalue weighted by Gasteiger charge is 2.06. The predicted molar refractivity (Wildman–Crippen MR) is 66.7 cm³/mol. The number of hydrogen-bond acceptors (Lipinski definition) is 1. The van der Waals surface area contributed by atoms with E-state index in [1.165, 1.54) is 11.1 Å². The molecule has 0 aliphatic carbocycles. The first-order valence-corrected chi connectivity index (χ1v) is 5.58. The van der Waals surface area contributed by atoms with Crippen LogP contribution in [0.2, 0.25) is 0 Å². The molecule has 2 aromatic rings. The third-order valence-corrected chi connectivity index (χ3v) is 2.85. The molecule has 1 atom stereocenters. The topological polar surface area (TPSA) is 20.2 Å². The molecular weight excluding hydrogens is 196 g/mol. The fourth-order valence-corrected chi connectivity index (χ4v) is 1.89. The van der Waals surface area contributed by atoms with Gasteiger partial charge in [0.1, 0.15) is 5.75 Å². The predicted octanol–water partition coefficient (Wildman–Crippen LogP) is 3.74. The largest absolute Gasteiger partial charge is 0.508 e. The summed E-state index contributed by atoms with van der Waals surface area (Å²) in [6.45, 7) is 2.21. The van der Waals surface area contributed by atoms with Crippen molar-refractivity contribution in [3.63, 3.8) is 0 Å². The Labute approximate surface area is 96.4 Å². The Kier molecular flexibility index (Phi) is 3.25. The minimum absolute atomic E-state index is 0.329. The van der Waals surface area contributed by atoms with Gasteiger partial charge in [0.25, 0.3) is 0 Å². The van der Waals surface area contributed by atoms with Crippen molar-refractivity contribution in [1.29, 1.82) is 0 Å². The van der Waals surface area contributed by atoms with Gasteiger partial charge in [-0.05, 0) is 35.6 Å². The molecule has 0 heterocycles. The molecule has 0 unspecified atom stereocenters. The molecule has 1 N–H and O–H groups in total. The van der Waals surface area contributed by atoms with Crippen molar-refractivity contribution in [2.24, 2.45) is 0 Å². The lowest BCUT2D eigenvalue weighted by Crippen LogP contribution is -1.97. The van der Waals surface area contributed by atoms with E-state index in [1.807, 2.05) is 18.2 Å². The summed E-state index contributed by atoms with van der Waals surface area (Å²) in [7, 11) is 0. The van der Waals surface area contributed by atoms with Crippen LogP contribution in [0.4, 0.5) is 0 Å². The second-order valence-electron chi connectivity index (χ2n) is 4.18. The Hall–Kier alpha value is -1.76. The highest BCUT2D eigenvalue weighted by atomic mass is 16.3. The third-order valence-electron chi connectivity index (χ3n) is 2.85. The summed E-state index contributed by atoms with van der Waals surface area (Å²) in [4.78, 5) is 0. The van der Waals surface area contributed by atoms with Crippen molar-refractivity contribution in [2.45, 2.75) is 19.3 Å². The molecule has 0 bridgehead atoms. The first-order valence-electron chi connectivity index (χ1n) is 5.58. The molecule has 0 amide bonds. The van der Waals surface area contributed by atoms with Crippen molar-refractivity contribution in [3.8, 4) is 5.75 Å². The highest BCUT2D eigenvalue weighted by molar-refractivity contribution is 5.29. The van der Waals surface area contributed by atoms with Crippen LogP contribution in [0.5, 0.6) is 5.75 Å². The number of rotatable bonds is 3. The van der Waals surface area contributed by atoms with E-state index in [0.29, 0.717) is 11.7 Å². The summed E-state index contributed by atoms with van der Waals surface area (Å²) in [5, 5.41) is 9.23. The maximum Gasteiger partial charge on any atom is 0.115 e. The first kappa shape index (κ1) is 10.7. The molecule has 0 radical (unpaired) electrons. The average Bonchev–Trinajstić information content (AvgIpc) is 2.31. The Bertz CT molecular complexity index is 431. The second-order valence-corrected chi connectivity index (χ2v) is 4.18. The SMILES string of the molecule is C[C@@H](Cc1ccccc1)c1ccc(O)cc1. The van der Waals surface area contributed by atoms with E-state index in [2.05, 4.69) is 31.2 Å². The van der Waals surface area contributed by atoms with Crippen molar-refractivity contribution in [2.75, 3.05) is 0 Å². The normalized spacial score (nSPS) is 12.3. The lowest BCUT2D eigenvalue weighted by atomic mass is 9.94. The Balaban J connectivity index is 2.09. The van der Waals surface area contributed by atoms with Gasteiger partial charge in [-0.2, -0.15) is 0 Å². The summed E-state index contributed by atoms with van der Waals surface area (Å²) in [5.41, 5.74) is 2.62. The monoisotopic (exact) mass is 212 g/mol. The molecule has 2 rings (SSSR count). The highest BCUT2D eigenvalue weighted by Crippen LogP contribution is 2.22. The summed E-state index contributed by atoms with van der Waals surface area (Å²) >= 11 is 0. The molecule has 0 aliphatic rings. The van der Waals surface area contributed by atoms with Gasteiger partial charge in [-0.1, -0.05) is 49.4 Å². The van der Waals surface area contributed by atoms with Crippen LogP contribution in [0.25, 0.3) is 0 Å². The molecule has 1 heteroatoms. The zero-order chi connectivity index (χ0) is 11.4. The molecule has 0 saturated carbocycles. The number of aromatic hydroxyl groups is 1. The molecule has 82 valence electrons. The quantitative estimate of drug-likeness (QED) is 0.821. The molecule has 16 heavy (non-hydrogen) atoms. The first-order chi connectivity index (χ1) is 7.75. The minimum atomic E-state index is 0.329. The zero-order valence-corrected chi connectivity index (χ0v) is 9.43. The van der Waals surface area contributed by atoms with Crippen LogP contribution in [-0.4, -0.2) is 5.11 Å². The van der Waals surface area contributed by atoms with Crippen molar-refractivity contribution in [3.05, 3.63) is 65.7 Å². The Morgan fingerprint density at radius 3 is 2.19 bits per heavy atom. The smallest absolute Gasteiger partial charge is 0.115 e. The lowest BCUT2D eigenvalue weighted by Gasteiger charge is -2.11. The van der Waals surface area contributed by atoms with Crippen LogP contribution in [0, 0.1) is 0 Å². The van der Waals surface area contributed by atoms with E-state index >= 15 is 0 Å². The number of phenols is 1. The van der Waals surface area contributed by atoms with E-state index in [9.17, 15) is 5.11 Å². The maximum atomic E-state index is 9.23. The summed E-state index contributed by atoms with van der Waals surface area (Å²) in [5.74, 6) is 0.804. The van der Waals surface area contributed by atoms with Gasteiger partial charge >= 0.3 is 0 Å². The van der Waals surface area contributed by atoms with Gasteiger partial charge in [-0.25, -0.2) is 0 Å². The van der Waals surface area contributed by atoms with Crippen LogP contribution in [0.1, 0.15) is 24.0 Å². The molecule has 0 spiro atoms. The fourth-order valence-electron chi connectivity index (χ4n) is 1.89. The molecule has 0 aliphatic heterocycles. The van der Waals surface area contributed by atoms with Gasteiger partial charge in [0.2, 0.25) is 0 Å². The molecule has 0 saturated heterocycles. The Morgan fingerprint density at radius 1 is 0.938 bits per heavy atom. The van der Waals surface area contributed by atoms with E-state index < -0.39 is 0 Å². The van der Waals surface area contributed by atoms with Gasteiger partial charge in [-0.3, -0.25) is 0 Å². The van der Waals surface area contributed by atoms with Crippen molar-refractivity contribution >= 4 is 0 Å². The van der Waals surface area contributed by atoms with E-state index in [1.54, 1.807) is 12.1 Å². The summed E-state index contributed by atoms with van der Waals surface area (Å²) in [6.07, 6.45) is 1.03. The summed E-state index contributed by atoms with van der Waals surface area (Å²) < 4.78 is 0. The minimum Gasteiger partial charge on any atom is -0.508 e. The second kappa shape index (κ2) is 4.84. The standard InChI is InChI=1S/C15H16O/c1-12(11-13-5-3-2-4-6-13)14-7-9-15(16)10-8-14/h2-10,12,16H,11H2,1H3/t12-/m0/s1. The van der Waals surface area contributed by atoms with Crippen LogP contribution in [-0.2, 0) is 6.42 Å². The van der Waals surface area contributed by atoms with Crippen molar-refractivity contribution in [1.82, 2.24) is 0 Å². The van der Waals surface area contributed by atoms with Crippen LogP contribution in [0.3, 0.4) is 0 Å². The molecule has 0 aromatic heterocycles. The van der Waals surface area contributed by atoms with Gasteiger partial charge < -0.3 is 5.11 Å². The summed E-state index contributed by atoms with van der Waals surface area (Å²) in [6, 6.07) is 17.9. The molecule has 0 fully saturated rings. The van der Waals surface area contributed by atoms with Crippen LogP contribution >= 0.6 is 0 Å².